The van der Waals surface area contributed by atoms with Crippen molar-refractivity contribution in [1.29, 1.82) is 0 Å². The van der Waals surface area contributed by atoms with Crippen LogP contribution in [0.1, 0.15) is 17.2 Å². The molecule has 2 aromatic carbocycles. The fourth-order valence-corrected chi connectivity index (χ4v) is 2.50. The van der Waals surface area contributed by atoms with Crippen LogP contribution in [-0.4, -0.2) is 18.8 Å². The highest BCUT2D eigenvalue weighted by molar-refractivity contribution is 9.10. The summed E-state index contributed by atoms with van der Waals surface area (Å²) in [7, 11) is 1.89. The second-order valence-corrected chi connectivity index (χ2v) is 5.35. The van der Waals surface area contributed by atoms with Crippen molar-refractivity contribution >= 4 is 15.9 Å². The molecule has 0 saturated carbocycles. The summed E-state index contributed by atoms with van der Waals surface area (Å²) >= 11 is 3.49. The van der Waals surface area contributed by atoms with E-state index in [1.54, 1.807) is 0 Å². The van der Waals surface area contributed by atoms with Crippen LogP contribution in [0.3, 0.4) is 0 Å². The largest absolute Gasteiger partial charge is 0.489 e. The molecule has 0 aliphatic rings. The number of benzene rings is 2. The molecule has 2 rings (SSSR count). The minimum absolute atomic E-state index is 0.226. The fourth-order valence-electron chi connectivity index (χ4n) is 1.98. The number of nitrogens with one attached hydrogen (secondary N) is 1. The standard InChI is InChI=1S/C16H18BrNO2/c1-18-10-13-8-5-9-14(17)16(13)20-11-15(19)12-6-3-2-4-7-12/h2-9,15,18-19H,10-11H2,1H3. The van der Waals surface area contributed by atoms with Gasteiger partial charge in [0.15, 0.2) is 0 Å². The summed E-state index contributed by atoms with van der Waals surface area (Å²) in [5.41, 5.74) is 1.91. The van der Waals surface area contributed by atoms with Gasteiger partial charge in [-0.1, -0.05) is 42.5 Å². The normalized spacial score (nSPS) is 12.2. The van der Waals surface area contributed by atoms with Gasteiger partial charge in [0.05, 0.1) is 4.47 Å². The van der Waals surface area contributed by atoms with Crippen molar-refractivity contribution < 1.29 is 9.84 Å². The first-order valence-electron chi connectivity index (χ1n) is 6.50. The van der Waals surface area contributed by atoms with Gasteiger partial charge in [-0.3, -0.25) is 0 Å². The number of ether oxygens (including phenoxy) is 1. The molecule has 0 saturated heterocycles. The molecular weight excluding hydrogens is 318 g/mol. The van der Waals surface area contributed by atoms with Gasteiger partial charge in [-0.2, -0.15) is 0 Å². The van der Waals surface area contributed by atoms with Crippen molar-refractivity contribution in [3.05, 3.63) is 64.1 Å². The molecule has 0 spiro atoms. The van der Waals surface area contributed by atoms with Gasteiger partial charge in [0.2, 0.25) is 0 Å². The quantitative estimate of drug-likeness (QED) is 0.851. The van der Waals surface area contributed by atoms with Crippen LogP contribution in [0.15, 0.2) is 53.0 Å². The van der Waals surface area contributed by atoms with Gasteiger partial charge in [0, 0.05) is 12.1 Å². The second kappa shape index (κ2) is 7.43. The van der Waals surface area contributed by atoms with Crippen LogP contribution in [0, 0.1) is 0 Å². The molecule has 0 aromatic heterocycles. The molecule has 1 unspecified atom stereocenters. The lowest BCUT2D eigenvalue weighted by atomic mass is 10.1. The van der Waals surface area contributed by atoms with Gasteiger partial charge >= 0.3 is 0 Å². The molecule has 0 bridgehead atoms. The van der Waals surface area contributed by atoms with E-state index in [-0.39, 0.29) is 6.61 Å². The summed E-state index contributed by atoms with van der Waals surface area (Å²) in [4.78, 5) is 0. The molecule has 20 heavy (non-hydrogen) atoms. The summed E-state index contributed by atoms with van der Waals surface area (Å²) in [6.45, 7) is 0.944. The van der Waals surface area contributed by atoms with E-state index >= 15 is 0 Å². The van der Waals surface area contributed by atoms with Crippen molar-refractivity contribution in [2.24, 2.45) is 0 Å². The Balaban J connectivity index is 2.07. The number of rotatable bonds is 6. The highest BCUT2D eigenvalue weighted by Crippen LogP contribution is 2.30. The number of halogens is 1. The Hall–Kier alpha value is -1.36. The van der Waals surface area contributed by atoms with Gasteiger partial charge < -0.3 is 15.2 Å². The monoisotopic (exact) mass is 335 g/mol. The van der Waals surface area contributed by atoms with Gasteiger partial charge in [0.25, 0.3) is 0 Å². The molecule has 0 radical (unpaired) electrons. The van der Waals surface area contributed by atoms with Gasteiger partial charge in [-0.05, 0) is 34.6 Å². The highest BCUT2D eigenvalue weighted by atomic mass is 79.9. The first kappa shape index (κ1) is 15.0. The first-order chi connectivity index (χ1) is 9.72. The molecule has 4 heteroatoms. The fraction of sp³-hybridized carbons (Fsp3) is 0.250. The molecule has 2 aromatic rings. The molecule has 0 aliphatic carbocycles. The molecule has 2 N–H and O–H groups in total. The van der Waals surface area contributed by atoms with Crippen LogP contribution in [0.2, 0.25) is 0 Å². The predicted molar refractivity (Wildman–Crippen MR) is 83.8 cm³/mol. The topological polar surface area (TPSA) is 41.5 Å². The molecule has 0 amide bonds. The van der Waals surface area contributed by atoms with Crippen LogP contribution < -0.4 is 10.1 Å². The Morgan fingerprint density at radius 3 is 2.60 bits per heavy atom. The summed E-state index contributed by atoms with van der Waals surface area (Å²) in [6.07, 6.45) is -0.634. The van der Waals surface area contributed by atoms with Crippen molar-refractivity contribution in [2.75, 3.05) is 13.7 Å². The summed E-state index contributed by atoms with van der Waals surface area (Å²) in [5, 5.41) is 13.2. The molecule has 0 fully saturated rings. The molecule has 0 aliphatic heterocycles. The van der Waals surface area contributed by atoms with Gasteiger partial charge in [0.1, 0.15) is 18.5 Å². The average Bonchev–Trinajstić information content (AvgIpc) is 2.47. The Morgan fingerprint density at radius 1 is 1.15 bits per heavy atom. The van der Waals surface area contributed by atoms with Crippen molar-refractivity contribution in [2.45, 2.75) is 12.6 Å². The minimum atomic E-state index is -0.634. The van der Waals surface area contributed by atoms with E-state index in [2.05, 4.69) is 21.2 Å². The first-order valence-corrected chi connectivity index (χ1v) is 7.29. The lowest BCUT2D eigenvalue weighted by molar-refractivity contribution is 0.107. The summed E-state index contributed by atoms with van der Waals surface area (Å²) < 4.78 is 6.69. The zero-order valence-electron chi connectivity index (χ0n) is 11.3. The van der Waals surface area contributed by atoms with Crippen LogP contribution in [0.25, 0.3) is 0 Å². The molecule has 3 nitrogen and oxygen atoms in total. The maximum absolute atomic E-state index is 10.1. The lowest BCUT2D eigenvalue weighted by Gasteiger charge is -2.16. The van der Waals surface area contributed by atoms with E-state index in [9.17, 15) is 5.11 Å². The van der Waals surface area contributed by atoms with E-state index in [1.807, 2.05) is 55.6 Å². The number of aliphatic hydroxyl groups is 1. The Kier molecular flexibility index (Phi) is 5.59. The predicted octanol–water partition coefficient (Wildman–Crippen LogP) is 3.28. The molecule has 1 atom stereocenters. The molecular formula is C16H18BrNO2. The van der Waals surface area contributed by atoms with Crippen molar-refractivity contribution in [3.63, 3.8) is 0 Å². The van der Waals surface area contributed by atoms with Gasteiger partial charge in [-0.25, -0.2) is 0 Å². The second-order valence-electron chi connectivity index (χ2n) is 4.50. The van der Waals surface area contributed by atoms with Crippen molar-refractivity contribution in [3.8, 4) is 5.75 Å². The van der Waals surface area contributed by atoms with E-state index < -0.39 is 6.10 Å². The van der Waals surface area contributed by atoms with E-state index in [1.165, 1.54) is 0 Å². The Morgan fingerprint density at radius 2 is 1.90 bits per heavy atom. The van der Waals surface area contributed by atoms with Crippen molar-refractivity contribution in [1.82, 2.24) is 5.32 Å². The average molecular weight is 336 g/mol. The zero-order valence-corrected chi connectivity index (χ0v) is 12.9. The van der Waals surface area contributed by atoms with E-state index in [0.717, 1.165) is 27.9 Å². The maximum Gasteiger partial charge on any atom is 0.138 e. The zero-order chi connectivity index (χ0) is 14.4. The highest BCUT2D eigenvalue weighted by Gasteiger charge is 2.12. The van der Waals surface area contributed by atoms with E-state index in [4.69, 9.17) is 4.74 Å². The molecule has 106 valence electrons. The lowest BCUT2D eigenvalue weighted by Crippen LogP contribution is -2.13. The minimum Gasteiger partial charge on any atom is -0.489 e. The van der Waals surface area contributed by atoms with Crippen LogP contribution in [0.4, 0.5) is 0 Å². The summed E-state index contributed by atoms with van der Waals surface area (Å²) in [5.74, 6) is 0.775. The smallest absolute Gasteiger partial charge is 0.138 e. The number of para-hydroxylation sites is 1. The SMILES string of the molecule is CNCc1cccc(Br)c1OCC(O)c1ccccc1. The summed E-state index contributed by atoms with van der Waals surface area (Å²) in [6, 6.07) is 15.4. The number of hydrogen-bond donors (Lipinski definition) is 2. The Bertz CT molecular complexity index is 545. The third-order valence-corrected chi connectivity index (χ3v) is 3.61. The van der Waals surface area contributed by atoms with Crippen LogP contribution in [-0.2, 0) is 6.54 Å². The third kappa shape index (κ3) is 3.82. The van der Waals surface area contributed by atoms with Gasteiger partial charge in [-0.15, -0.1) is 0 Å². The van der Waals surface area contributed by atoms with Crippen LogP contribution >= 0.6 is 15.9 Å². The maximum atomic E-state index is 10.1. The van der Waals surface area contributed by atoms with E-state index in [0.29, 0.717) is 0 Å². The van der Waals surface area contributed by atoms with Crippen LogP contribution in [0.5, 0.6) is 5.75 Å². The number of hydrogen-bond acceptors (Lipinski definition) is 3. The number of aliphatic hydroxyl groups excluding tert-OH is 1. The third-order valence-electron chi connectivity index (χ3n) is 2.99. The molecule has 0 heterocycles. The Labute approximate surface area is 127 Å².